The fraction of sp³-hybridized carbons (Fsp3) is 0.600. The summed E-state index contributed by atoms with van der Waals surface area (Å²) in [5.41, 5.74) is 0.682. The highest BCUT2D eigenvalue weighted by atomic mass is 16.5. The summed E-state index contributed by atoms with van der Waals surface area (Å²) in [6, 6.07) is 0. The lowest BCUT2D eigenvalue weighted by Gasteiger charge is -2.27. The van der Waals surface area contributed by atoms with Gasteiger partial charge in [0.2, 0.25) is 5.91 Å². The van der Waals surface area contributed by atoms with Crippen molar-refractivity contribution in [1.29, 1.82) is 0 Å². The molecule has 1 saturated heterocycles. The Morgan fingerprint density at radius 3 is 2.87 bits per heavy atom. The first kappa shape index (κ1) is 15.7. The van der Waals surface area contributed by atoms with E-state index >= 15 is 0 Å². The Hall–Kier alpha value is -2.22. The van der Waals surface area contributed by atoms with Gasteiger partial charge in [0, 0.05) is 19.6 Å². The molecular formula is C15H22N6O2. The summed E-state index contributed by atoms with van der Waals surface area (Å²) in [7, 11) is 0. The van der Waals surface area contributed by atoms with Gasteiger partial charge in [-0.15, -0.1) is 0 Å². The number of nitrogens with one attached hydrogen (secondary N) is 1. The second-order valence-electron chi connectivity index (χ2n) is 6.03. The van der Waals surface area contributed by atoms with Gasteiger partial charge in [0.15, 0.2) is 5.65 Å². The van der Waals surface area contributed by atoms with Crippen LogP contribution < -0.4 is 10.2 Å². The predicted octanol–water partition coefficient (Wildman–Crippen LogP) is 0.435. The lowest BCUT2D eigenvalue weighted by Crippen LogP contribution is -2.36. The van der Waals surface area contributed by atoms with E-state index in [1.54, 1.807) is 10.9 Å². The van der Waals surface area contributed by atoms with E-state index in [0.29, 0.717) is 31.3 Å². The average Bonchev–Trinajstić information content (AvgIpc) is 2.97. The molecule has 3 rings (SSSR count). The topological polar surface area (TPSA) is 85.2 Å². The van der Waals surface area contributed by atoms with E-state index in [0.717, 1.165) is 24.3 Å². The summed E-state index contributed by atoms with van der Waals surface area (Å²) in [6.45, 7) is 7.92. The maximum absolute atomic E-state index is 12.0. The third-order valence-corrected chi connectivity index (χ3v) is 3.72. The quantitative estimate of drug-likeness (QED) is 0.861. The van der Waals surface area contributed by atoms with Crippen molar-refractivity contribution in [2.24, 2.45) is 5.92 Å². The second-order valence-corrected chi connectivity index (χ2v) is 6.03. The van der Waals surface area contributed by atoms with Crippen LogP contribution >= 0.6 is 0 Å². The smallest absolute Gasteiger partial charge is 0.241 e. The third-order valence-electron chi connectivity index (χ3n) is 3.72. The van der Waals surface area contributed by atoms with Crippen LogP contribution in [0.1, 0.15) is 13.8 Å². The molecule has 0 aromatic carbocycles. The SMILES string of the molecule is CC(C)CNC(=O)Cn1ncc2c(N3CCOCC3)ncnc21. The summed E-state index contributed by atoms with van der Waals surface area (Å²) < 4.78 is 7.00. The number of morpholine rings is 1. The Balaban J connectivity index is 1.79. The number of hydrogen-bond donors (Lipinski definition) is 1. The van der Waals surface area contributed by atoms with Crippen LogP contribution in [0.25, 0.3) is 11.0 Å². The normalized spacial score (nSPS) is 15.3. The average molecular weight is 318 g/mol. The highest BCUT2D eigenvalue weighted by molar-refractivity contribution is 5.87. The minimum absolute atomic E-state index is 0.0600. The molecule has 0 atom stereocenters. The van der Waals surface area contributed by atoms with Gasteiger partial charge in [-0.05, 0) is 5.92 Å². The van der Waals surface area contributed by atoms with Crippen molar-refractivity contribution in [3.05, 3.63) is 12.5 Å². The van der Waals surface area contributed by atoms with Crippen LogP contribution in [0.5, 0.6) is 0 Å². The largest absolute Gasteiger partial charge is 0.378 e. The fourth-order valence-electron chi connectivity index (χ4n) is 2.53. The van der Waals surface area contributed by atoms with Gasteiger partial charge < -0.3 is 15.0 Å². The minimum Gasteiger partial charge on any atom is -0.378 e. The van der Waals surface area contributed by atoms with E-state index in [-0.39, 0.29) is 12.5 Å². The van der Waals surface area contributed by atoms with Crippen molar-refractivity contribution in [3.8, 4) is 0 Å². The molecule has 1 aliphatic heterocycles. The second kappa shape index (κ2) is 6.91. The fourth-order valence-corrected chi connectivity index (χ4v) is 2.53. The number of fused-ring (bicyclic) bond motifs is 1. The van der Waals surface area contributed by atoms with E-state index in [1.807, 2.05) is 0 Å². The number of nitrogens with zero attached hydrogens (tertiary/aromatic N) is 5. The first-order valence-corrected chi connectivity index (χ1v) is 7.91. The number of carbonyl (C=O) groups excluding carboxylic acids is 1. The van der Waals surface area contributed by atoms with Gasteiger partial charge in [0.05, 0.1) is 24.8 Å². The summed E-state index contributed by atoms with van der Waals surface area (Å²) >= 11 is 0. The number of rotatable bonds is 5. The van der Waals surface area contributed by atoms with Crippen molar-refractivity contribution in [3.63, 3.8) is 0 Å². The third kappa shape index (κ3) is 3.58. The van der Waals surface area contributed by atoms with Crippen LogP contribution in [0.15, 0.2) is 12.5 Å². The minimum atomic E-state index is -0.0600. The Morgan fingerprint density at radius 1 is 1.35 bits per heavy atom. The summed E-state index contributed by atoms with van der Waals surface area (Å²) in [4.78, 5) is 22.9. The van der Waals surface area contributed by atoms with E-state index in [4.69, 9.17) is 4.74 Å². The van der Waals surface area contributed by atoms with E-state index in [1.165, 1.54) is 6.33 Å². The zero-order chi connectivity index (χ0) is 16.2. The molecule has 2 aromatic rings. The molecule has 0 bridgehead atoms. The molecule has 1 aliphatic rings. The van der Waals surface area contributed by atoms with Gasteiger partial charge in [-0.1, -0.05) is 13.8 Å². The molecule has 8 heteroatoms. The molecular weight excluding hydrogens is 296 g/mol. The number of ether oxygens (including phenoxy) is 1. The molecule has 23 heavy (non-hydrogen) atoms. The van der Waals surface area contributed by atoms with Crippen LogP contribution in [0.2, 0.25) is 0 Å². The summed E-state index contributed by atoms with van der Waals surface area (Å²) in [5, 5.41) is 8.07. The standard InChI is InChI=1S/C15H22N6O2/c1-11(2)7-16-13(22)9-21-15-12(8-19-21)14(17-10-18-15)20-3-5-23-6-4-20/h8,10-11H,3-7,9H2,1-2H3,(H,16,22). The highest BCUT2D eigenvalue weighted by Gasteiger charge is 2.18. The van der Waals surface area contributed by atoms with Crippen molar-refractivity contribution in [2.45, 2.75) is 20.4 Å². The van der Waals surface area contributed by atoms with Gasteiger partial charge in [-0.25, -0.2) is 14.6 Å². The van der Waals surface area contributed by atoms with Gasteiger partial charge in [-0.3, -0.25) is 4.79 Å². The number of hydrogen-bond acceptors (Lipinski definition) is 6. The maximum Gasteiger partial charge on any atom is 0.241 e. The maximum atomic E-state index is 12.0. The molecule has 0 unspecified atom stereocenters. The van der Waals surface area contributed by atoms with Crippen LogP contribution in [-0.4, -0.2) is 58.5 Å². The Bertz CT molecular complexity index is 678. The lowest BCUT2D eigenvalue weighted by atomic mass is 10.2. The van der Waals surface area contributed by atoms with Gasteiger partial charge in [0.1, 0.15) is 18.7 Å². The Morgan fingerprint density at radius 2 is 2.13 bits per heavy atom. The van der Waals surface area contributed by atoms with E-state index < -0.39 is 0 Å². The van der Waals surface area contributed by atoms with Crippen molar-refractivity contribution < 1.29 is 9.53 Å². The molecule has 8 nitrogen and oxygen atoms in total. The van der Waals surface area contributed by atoms with Crippen LogP contribution in [0, 0.1) is 5.92 Å². The number of anilines is 1. The number of aromatic nitrogens is 4. The zero-order valence-electron chi connectivity index (χ0n) is 13.5. The summed E-state index contributed by atoms with van der Waals surface area (Å²) in [6.07, 6.45) is 3.26. The highest BCUT2D eigenvalue weighted by Crippen LogP contribution is 2.23. The van der Waals surface area contributed by atoms with Crippen molar-refractivity contribution in [2.75, 3.05) is 37.7 Å². The van der Waals surface area contributed by atoms with E-state index in [2.05, 4.69) is 39.1 Å². The van der Waals surface area contributed by atoms with Crippen LogP contribution in [0.4, 0.5) is 5.82 Å². The lowest BCUT2D eigenvalue weighted by molar-refractivity contribution is -0.121. The van der Waals surface area contributed by atoms with Crippen LogP contribution in [0.3, 0.4) is 0 Å². The first-order chi connectivity index (χ1) is 11.1. The molecule has 1 amide bonds. The van der Waals surface area contributed by atoms with Gasteiger partial charge in [-0.2, -0.15) is 5.10 Å². The predicted molar refractivity (Wildman–Crippen MR) is 86.2 cm³/mol. The molecule has 0 spiro atoms. The van der Waals surface area contributed by atoms with Gasteiger partial charge >= 0.3 is 0 Å². The Kier molecular flexibility index (Phi) is 4.71. The van der Waals surface area contributed by atoms with Gasteiger partial charge in [0.25, 0.3) is 0 Å². The Labute approximate surface area is 134 Å². The molecule has 124 valence electrons. The molecule has 3 heterocycles. The molecule has 1 fully saturated rings. The van der Waals surface area contributed by atoms with Crippen molar-refractivity contribution >= 4 is 22.8 Å². The van der Waals surface area contributed by atoms with E-state index in [9.17, 15) is 4.79 Å². The molecule has 1 N–H and O–H groups in total. The molecule has 0 aliphatic carbocycles. The number of amides is 1. The zero-order valence-corrected chi connectivity index (χ0v) is 13.5. The molecule has 0 radical (unpaired) electrons. The first-order valence-electron chi connectivity index (χ1n) is 7.91. The van der Waals surface area contributed by atoms with Crippen molar-refractivity contribution in [1.82, 2.24) is 25.1 Å². The number of carbonyl (C=O) groups is 1. The molecule has 2 aromatic heterocycles. The molecule has 0 saturated carbocycles. The van der Waals surface area contributed by atoms with Crippen LogP contribution in [-0.2, 0) is 16.1 Å². The summed E-state index contributed by atoms with van der Waals surface area (Å²) in [5.74, 6) is 1.21. The monoisotopic (exact) mass is 318 g/mol.